The minimum absolute atomic E-state index is 0. The molecule has 3 aromatic heterocycles. The summed E-state index contributed by atoms with van der Waals surface area (Å²) in [6, 6.07) is 61.9. The molecule has 78 heavy (non-hydrogen) atoms. The maximum absolute atomic E-state index is 9.37. The van der Waals surface area contributed by atoms with E-state index >= 15 is 0 Å². The fourth-order valence-corrected chi connectivity index (χ4v) is 11.1. The molecule has 0 aliphatic carbocycles. The summed E-state index contributed by atoms with van der Waals surface area (Å²) in [5.74, 6) is 1.79. The number of rotatable bonds is 6. The third kappa shape index (κ3) is 8.70. The molecule has 0 bridgehead atoms. The van der Waals surface area contributed by atoms with Crippen LogP contribution in [0.15, 0.2) is 200 Å². The first kappa shape index (κ1) is 45.0. The number of hydrogen-bond donors (Lipinski definition) is 0. The number of para-hydroxylation sites is 3. The Morgan fingerprint density at radius 1 is 0.500 bits per heavy atom. The molecular formula is C72H60N4OPt-2. The molecule has 0 saturated heterocycles. The molecule has 0 N–H and O–H groups in total. The van der Waals surface area contributed by atoms with Crippen molar-refractivity contribution >= 4 is 32.8 Å². The Kier molecular flexibility index (Phi) is 11.0. The molecule has 0 radical (unpaired) electrons. The molecule has 0 saturated carbocycles. The second-order valence-electron chi connectivity index (χ2n) is 23.3. The van der Waals surface area contributed by atoms with Crippen LogP contribution in [0.4, 0.5) is 0 Å². The van der Waals surface area contributed by atoms with Crippen molar-refractivity contribution in [2.75, 3.05) is 0 Å². The van der Waals surface area contributed by atoms with Crippen LogP contribution in [-0.2, 0) is 37.3 Å². The maximum atomic E-state index is 9.37. The molecule has 6 heteroatoms. The van der Waals surface area contributed by atoms with E-state index in [4.69, 9.17) is 13.8 Å². The van der Waals surface area contributed by atoms with Gasteiger partial charge in [0.05, 0.1) is 23.6 Å². The van der Waals surface area contributed by atoms with Crippen molar-refractivity contribution in [1.82, 2.24) is 14.1 Å². The van der Waals surface area contributed by atoms with Gasteiger partial charge in [-0.2, -0.15) is 18.2 Å². The molecule has 12 aromatic rings. The Bertz CT molecular complexity index is 4570. The number of ether oxygens (including phenoxy) is 1. The normalized spacial score (nSPS) is 13.2. The van der Waals surface area contributed by atoms with Crippen LogP contribution < -0.4 is 9.30 Å². The predicted molar refractivity (Wildman–Crippen MR) is 317 cm³/mol. The number of imidazole rings is 1. The van der Waals surface area contributed by atoms with Crippen LogP contribution >= 0.6 is 0 Å². The van der Waals surface area contributed by atoms with E-state index in [1.807, 2.05) is 65.4 Å². The van der Waals surface area contributed by atoms with Gasteiger partial charge in [0.15, 0.2) is 0 Å². The van der Waals surface area contributed by atoms with Crippen molar-refractivity contribution in [2.24, 2.45) is 0 Å². The van der Waals surface area contributed by atoms with E-state index in [0.717, 1.165) is 88.9 Å². The van der Waals surface area contributed by atoms with Gasteiger partial charge in [-0.25, -0.2) is 4.98 Å². The third-order valence-corrected chi connectivity index (χ3v) is 15.1. The van der Waals surface area contributed by atoms with Crippen molar-refractivity contribution in [3.63, 3.8) is 0 Å². The van der Waals surface area contributed by atoms with E-state index in [1.165, 1.54) is 16.7 Å². The number of fused-ring (bicyclic) bond motifs is 10. The first-order valence-electron chi connectivity index (χ1n) is 28.9. The second-order valence-corrected chi connectivity index (χ2v) is 23.3. The topological polar surface area (TPSA) is 35.9 Å². The summed E-state index contributed by atoms with van der Waals surface area (Å²) in [6.45, 7) is 20.2. The Morgan fingerprint density at radius 2 is 1.10 bits per heavy atom. The van der Waals surface area contributed by atoms with Crippen molar-refractivity contribution < 1.29 is 37.2 Å². The molecule has 9 aromatic carbocycles. The van der Waals surface area contributed by atoms with E-state index in [9.17, 15) is 2.74 Å². The minimum Gasteiger partial charge on any atom is -0.510 e. The summed E-state index contributed by atoms with van der Waals surface area (Å²) in [6.07, 6.45) is 5.79. The van der Waals surface area contributed by atoms with Gasteiger partial charge in [-0.15, -0.1) is 29.7 Å². The van der Waals surface area contributed by atoms with Crippen LogP contribution in [0.5, 0.6) is 11.5 Å². The van der Waals surface area contributed by atoms with Gasteiger partial charge in [-0.3, -0.25) is 4.57 Å². The first-order chi connectivity index (χ1) is 39.2. The third-order valence-electron chi connectivity index (χ3n) is 15.1. The monoisotopic (exact) mass is 1200 g/mol. The van der Waals surface area contributed by atoms with Crippen LogP contribution in [0.3, 0.4) is 0 Å². The van der Waals surface area contributed by atoms with Gasteiger partial charge >= 0.3 is 0 Å². The zero-order chi connectivity index (χ0) is 57.3. The molecule has 0 amide bonds. The Morgan fingerprint density at radius 3 is 1.85 bits per heavy atom. The number of benzene rings is 9. The summed E-state index contributed by atoms with van der Waals surface area (Å²) >= 11 is 0. The van der Waals surface area contributed by atoms with Crippen LogP contribution in [0.2, 0.25) is 0 Å². The van der Waals surface area contributed by atoms with Crippen LogP contribution in [0, 0.1) is 18.5 Å². The minimum atomic E-state index is -0.442. The summed E-state index contributed by atoms with van der Waals surface area (Å²) in [4.78, 5) is 4.89. The van der Waals surface area contributed by atoms with Crippen molar-refractivity contribution in [3.05, 3.63) is 235 Å². The molecule has 5 nitrogen and oxygen atoms in total. The molecule has 0 fully saturated rings. The molecule has 0 spiro atoms. The second kappa shape index (κ2) is 19.1. The van der Waals surface area contributed by atoms with E-state index in [1.54, 1.807) is 0 Å². The van der Waals surface area contributed by atoms with Crippen molar-refractivity contribution in [1.29, 1.82) is 0 Å². The Balaban J connectivity index is 0.00000680. The zero-order valence-corrected chi connectivity index (χ0v) is 47.5. The van der Waals surface area contributed by atoms with Crippen molar-refractivity contribution in [2.45, 2.75) is 78.6 Å². The number of nitrogens with zero attached hydrogens (tertiary/aromatic N) is 4. The van der Waals surface area contributed by atoms with Gasteiger partial charge in [0.2, 0.25) is 0 Å². The summed E-state index contributed by atoms with van der Waals surface area (Å²) < 4.78 is 58.2. The molecule has 4 heterocycles. The Hall–Kier alpha value is -8.11. The Labute approximate surface area is 479 Å². The molecule has 386 valence electrons. The number of aromatic nitrogens is 4. The van der Waals surface area contributed by atoms with E-state index in [0.29, 0.717) is 22.7 Å². The fourth-order valence-electron chi connectivity index (χ4n) is 11.1. The smallest absolute Gasteiger partial charge is 0.268 e. The van der Waals surface area contributed by atoms with Gasteiger partial charge in [-0.1, -0.05) is 213 Å². The average Bonchev–Trinajstić information content (AvgIpc) is 2.08. The molecule has 0 unspecified atom stereocenters. The fraction of sp³-hybridized carbons (Fsp3) is 0.167. The van der Waals surface area contributed by atoms with Gasteiger partial charge in [0, 0.05) is 44.3 Å². The summed E-state index contributed by atoms with van der Waals surface area (Å²) in [5.41, 5.74) is 16.2. The summed E-state index contributed by atoms with van der Waals surface area (Å²) in [7, 11) is 0. The molecule has 1 aliphatic rings. The van der Waals surface area contributed by atoms with E-state index in [-0.39, 0.29) is 55.0 Å². The van der Waals surface area contributed by atoms with Gasteiger partial charge in [-0.05, 0) is 118 Å². The van der Waals surface area contributed by atoms with Crippen LogP contribution in [-0.4, -0.2) is 14.1 Å². The first-order valence-corrected chi connectivity index (χ1v) is 26.4. The van der Waals surface area contributed by atoms with Crippen molar-refractivity contribution in [3.8, 4) is 84.3 Å². The predicted octanol–water partition coefficient (Wildman–Crippen LogP) is 18.1. The molecule has 0 atom stereocenters. The molecular weight excluding hydrogens is 1130 g/mol. The summed E-state index contributed by atoms with van der Waals surface area (Å²) in [5, 5.41) is 2.12. The standard InChI is InChI=1S/C72H60N4O.Pt/c1-70(2,3)48-37-38-73-66(42-48)76-63-33-16-15-27-58(63)59-36-35-53(44-65(59)76)77-52-24-17-23-51(43-52)74-45-75-68-55(47-39-49(71(4,5)6)41-50(40-47)72(7,8)9)29-19-31-61(68)57-26-14-13-25-56(57)60-30-18-28-54(46-21-11-10-12-22-46)67(60)62-32-20-34-64(74)69(62)75;/h10-42H,1-9H3;/q-2;/i10D,11D,12D,21D,22D;. The number of hydrogen-bond acceptors (Lipinski definition) is 2. The van der Waals surface area contributed by atoms with E-state index in [2.05, 4.69) is 199 Å². The largest absolute Gasteiger partial charge is 0.510 e. The van der Waals surface area contributed by atoms with Gasteiger partial charge in [0.25, 0.3) is 6.33 Å². The zero-order valence-electron chi connectivity index (χ0n) is 50.2. The van der Waals surface area contributed by atoms with E-state index < -0.39 is 18.1 Å². The molecule has 13 rings (SSSR count). The SMILES string of the molecule is [2H]c1c([2H])c([2H])c(-c2cccc3c2-c2cccc4c2[n+]([c-]n4-c2[c-]c(Oc4[c-]c5c(cc4)c4ccccc4n5-c4cc(C(C)(C)C)ccn4)ccc2)-c2c(-c4cc(C(C)(C)C)cc(C(C)(C)C)c4)cccc2-c2ccccc2-3)c([2H])c1[2H].[Pt]. The average molecular weight is 1200 g/mol. The maximum Gasteiger partial charge on any atom is 0.268 e. The molecule has 1 aliphatic heterocycles. The van der Waals surface area contributed by atoms with Crippen LogP contribution in [0.25, 0.3) is 106 Å². The quantitative estimate of drug-likeness (QED) is 0.123. The van der Waals surface area contributed by atoms with Crippen LogP contribution in [0.1, 0.15) is 85.9 Å². The number of pyridine rings is 1. The van der Waals surface area contributed by atoms with Gasteiger partial charge in [0.1, 0.15) is 5.82 Å². The van der Waals surface area contributed by atoms with Gasteiger partial charge < -0.3 is 13.9 Å².